The van der Waals surface area contributed by atoms with Crippen LogP contribution in [0.5, 0.6) is 0 Å². The summed E-state index contributed by atoms with van der Waals surface area (Å²) in [4.78, 5) is 76.7. The lowest BCUT2D eigenvalue weighted by molar-refractivity contribution is -0.137. The highest BCUT2D eigenvalue weighted by atomic mass is 16.5. The predicted molar refractivity (Wildman–Crippen MR) is 242 cm³/mol. The molecule has 65 heavy (non-hydrogen) atoms. The van der Waals surface area contributed by atoms with Crippen molar-refractivity contribution in [3.63, 3.8) is 0 Å². The Morgan fingerprint density at radius 1 is 0.738 bits per heavy atom. The van der Waals surface area contributed by atoms with Gasteiger partial charge in [0.2, 0.25) is 5.91 Å². The number of imidazole rings is 2. The zero-order valence-corrected chi connectivity index (χ0v) is 36.3. The minimum atomic E-state index is -0.997. The molecule has 0 bridgehead atoms. The Hall–Kier alpha value is -7.33. The topological polar surface area (TPSA) is 197 Å². The highest BCUT2D eigenvalue weighted by Crippen LogP contribution is 2.38. The summed E-state index contributed by atoms with van der Waals surface area (Å²) in [5.41, 5.74) is 7.13. The lowest BCUT2D eigenvalue weighted by Crippen LogP contribution is -2.53. The molecule has 1 unspecified atom stereocenters. The van der Waals surface area contributed by atoms with Gasteiger partial charge in [-0.15, -0.1) is 0 Å². The first-order valence-corrected chi connectivity index (χ1v) is 21.9. The van der Waals surface area contributed by atoms with Gasteiger partial charge in [0.1, 0.15) is 23.7 Å². The molecular weight excluding hydrogens is 827 g/mol. The molecule has 4 amide bonds. The summed E-state index contributed by atoms with van der Waals surface area (Å²) in [7, 11) is 2.56. The van der Waals surface area contributed by atoms with Crippen LogP contribution in [0.4, 0.5) is 9.59 Å². The second-order valence-corrected chi connectivity index (χ2v) is 16.8. The normalized spacial score (nSPS) is 18.6. The summed E-state index contributed by atoms with van der Waals surface area (Å²) in [6.45, 7) is 6.19. The van der Waals surface area contributed by atoms with Gasteiger partial charge in [-0.2, -0.15) is 0 Å². The summed E-state index contributed by atoms with van der Waals surface area (Å²) in [5, 5.41) is 7.64. The zero-order valence-electron chi connectivity index (χ0n) is 36.3. The van der Waals surface area contributed by atoms with Gasteiger partial charge in [0, 0.05) is 49.8 Å². The Balaban J connectivity index is 0.876. The van der Waals surface area contributed by atoms with Crippen molar-refractivity contribution in [3.05, 3.63) is 127 Å². The maximum Gasteiger partial charge on any atom is 0.407 e. The number of hydrogen-bond donors (Lipinski definition) is 4. The van der Waals surface area contributed by atoms with Gasteiger partial charge in [-0.25, -0.2) is 19.6 Å². The lowest BCUT2D eigenvalue weighted by Gasteiger charge is -2.34. The van der Waals surface area contributed by atoms with Crippen molar-refractivity contribution in [1.82, 2.24) is 45.4 Å². The minimum absolute atomic E-state index is 0.0347. The first-order valence-electron chi connectivity index (χ1n) is 21.9. The molecular formula is C49H51N9O7. The molecule has 0 aliphatic carbocycles. The number of H-pyrrole nitrogens is 2. The molecule has 3 aromatic heterocycles. The van der Waals surface area contributed by atoms with Crippen molar-refractivity contribution in [2.24, 2.45) is 5.92 Å². The van der Waals surface area contributed by atoms with E-state index in [4.69, 9.17) is 24.2 Å². The van der Waals surface area contributed by atoms with Gasteiger partial charge in [0.25, 0.3) is 5.91 Å². The molecule has 6 heterocycles. The van der Waals surface area contributed by atoms with Crippen LogP contribution in [0.2, 0.25) is 0 Å². The van der Waals surface area contributed by atoms with Crippen LogP contribution in [0.3, 0.4) is 0 Å². The molecule has 3 saturated heterocycles. The number of fused-ring (bicyclic) bond motifs is 1. The fourth-order valence-electron chi connectivity index (χ4n) is 9.30. The average Bonchev–Trinajstić information content (AvgIpc) is 4.20. The molecule has 3 aliphatic rings. The molecule has 0 spiro atoms. The van der Waals surface area contributed by atoms with Gasteiger partial charge in [-0.3, -0.25) is 14.6 Å². The van der Waals surface area contributed by atoms with E-state index in [1.54, 1.807) is 35.6 Å². The SMILES string of the molecule is C=C1C[C@@H](c2ncc(-c3ccc(-c4ccc5cc(-c6cnc([C@@H]7CCCN7C(=O)[C@@H](NC(=O)OC)C7CCOCC7)[nH]6)ccc5c4)cc3)[nH]2)N(C(=O)C(NC(=O)OC)c2cccnc2)C1. The van der Waals surface area contributed by atoms with E-state index in [0.29, 0.717) is 57.0 Å². The van der Waals surface area contributed by atoms with Crippen LogP contribution in [-0.4, -0.2) is 105 Å². The van der Waals surface area contributed by atoms with Gasteiger partial charge in [-0.05, 0) is 83.7 Å². The van der Waals surface area contributed by atoms with E-state index >= 15 is 0 Å². The molecule has 4 atom stereocenters. The summed E-state index contributed by atoms with van der Waals surface area (Å²) in [6, 6.07) is 22.1. The van der Waals surface area contributed by atoms with Gasteiger partial charge >= 0.3 is 12.2 Å². The Labute approximate surface area is 375 Å². The molecule has 3 aromatic carbocycles. The van der Waals surface area contributed by atoms with E-state index in [2.05, 4.69) is 80.7 Å². The number of carbonyl (C=O) groups is 4. The van der Waals surface area contributed by atoms with E-state index in [0.717, 1.165) is 68.7 Å². The van der Waals surface area contributed by atoms with Gasteiger partial charge in [0.15, 0.2) is 0 Å². The predicted octanol–water partition coefficient (Wildman–Crippen LogP) is 7.42. The molecule has 0 radical (unpaired) electrons. The molecule has 9 rings (SSSR count). The van der Waals surface area contributed by atoms with Crippen LogP contribution in [0.1, 0.15) is 67.4 Å². The third kappa shape index (κ3) is 9.07. The molecule has 0 saturated carbocycles. The quantitative estimate of drug-likeness (QED) is 0.0951. The van der Waals surface area contributed by atoms with E-state index in [1.807, 2.05) is 23.2 Å². The Morgan fingerprint density at radius 2 is 1.37 bits per heavy atom. The third-order valence-corrected chi connectivity index (χ3v) is 12.7. The first kappa shape index (κ1) is 42.9. The second kappa shape index (κ2) is 18.8. The molecule has 4 N–H and O–H groups in total. The Bertz CT molecular complexity index is 2710. The number of carbonyl (C=O) groups excluding carboxylic acids is 4. The number of alkyl carbamates (subject to hydrolysis) is 2. The molecule has 16 heteroatoms. The van der Waals surface area contributed by atoms with Gasteiger partial charge in [-0.1, -0.05) is 66.7 Å². The molecule has 334 valence electrons. The maximum absolute atomic E-state index is 14.0. The van der Waals surface area contributed by atoms with Crippen molar-refractivity contribution in [2.75, 3.05) is 40.5 Å². The van der Waals surface area contributed by atoms with Crippen molar-refractivity contribution in [3.8, 4) is 33.6 Å². The zero-order chi connectivity index (χ0) is 45.0. The van der Waals surface area contributed by atoms with Crippen LogP contribution >= 0.6 is 0 Å². The maximum atomic E-state index is 14.0. The number of ether oxygens (including phenoxy) is 3. The van der Waals surface area contributed by atoms with E-state index in [-0.39, 0.29) is 23.8 Å². The molecule has 16 nitrogen and oxygen atoms in total. The standard InChI is InChI=1S/C49H51N9O7/c1-29-22-41(58(28-29)47(60)43(56-49(62)64-3)37-6-4-18-50-25-37)45-52-26-38(53-45)31-10-8-30(9-11-31)33-12-13-35-24-36(15-14-34(35)23-33)39-27-51-44(54-39)40-7-5-19-57(40)46(59)42(55-48(61)63-2)32-16-20-65-21-17-32/h4,6,8-15,18,23-27,32,40-43H,1,5,7,16-17,19-22,28H2,2-3H3,(H,51,54)(H,52,53)(H,55,61)(H,56,62)/t40-,41-,42-,43?/m0/s1. The largest absolute Gasteiger partial charge is 0.453 e. The van der Waals surface area contributed by atoms with Crippen molar-refractivity contribution >= 4 is 34.8 Å². The fourth-order valence-corrected chi connectivity index (χ4v) is 9.30. The number of likely N-dealkylation sites (tertiary alicyclic amines) is 2. The first-order chi connectivity index (χ1) is 31.7. The highest BCUT2D eigenvalue weighted by molar-refractivity contribution is 5.91. The van der Waals surface area contributed by atoms with Crippen molar-refractivity contribution in [2.45, 2.75) is 56.3 Å². The molecule has 3 aliphatic heterocycles. The number of rotatable bonds is 11. The molecule has 6 aromatic rings. The van der Waals surface area contributed by atoms with Crippen LogP contribution in [0.15, 0.2) is 110 Å². The molecule has 3 fully saturated rings. The summed E-state index contributed by atoms with van der Waals surface area (Å²) >= 11 is 0. The average molecular weight is 878 g/mol. The number of aromatic nitrogens is 5. The lowest BCUT2D eigenvalue weighted by atomic mass is 9.90. The third-order valence-electron chi connectivity index (χ3n) is 12.7. The second-order valence-electron chi connectivity index (χ2n) is 16.8. The number of pyridine rings is 1. The van der Waals surface area contributed by atoms with E-state index < -0.39 is 30.3 Å². The minimum Gasteiger partial charge on any atom is -0.453 e. The summed E-state index contributed by atoms with van der Waals surface area (Å²) < 4.78 is 15.2. The van der Waals surface area contributed by atoms with Crippen molar-refractivity contribution in [1.29, 1.82) is 0 Å². The number of methoxy groups -OCH3 is 2. The highest BCUT2D eigenvalue weighted by Gasteiger charge is 2.41. The van der Waals surface area contributed by atoms with Crippen LogP contribution in [0.25, 0.3) is 44.4 Å². The number of nitrogens with zero attached hydrogens (tertiary/aromatic N) is 5. The van der Waals surface area contributed by atoms with Gasteiger partial charge < -0.3 is 44.6 Å². The van der Waals surface area contributed by atoms with Crippen LogP contribution in [-0.2, 0) is 23.8 Å². The number of amides is 4. The van der Waals surface area contributed by atoms with E-state index in [9.17, 15) is 19.2 Å². The number of nitrogens with one attached hydrogen (secondary N) is 4. The Morgan fingerprint density at radius 3 is 2.06 bits per heavy atom. The van der Waals surface area contributed by atoms with E-state index in [1.165, 1.54) is 14.2 Å². The monoisotopic (exact) mass is 877 g/mol. The fraction of sp³-hybridized carbons (Fsp3) is 0.327. The summed E-state index contributed by atoms with van der Waals surface area (Å²) in [6.07, 6.45) is 8.92. The Kier molecular flexibility index (Phi) is 12.4. The number of benzene rings is 3. The number of hydrogen-bond acceptors (Lipinski definition) is 10. The number of aromatic amines is 2. The van der Waals surface area contributed by atoms with Crippen LogP contribution in [0, 0.1) is 5.92 Å². The smallest absolute Gasteiger partial charge is 0.407 e. The van der Waals surface area contributed by atoms with Gasteiger partial charge in [0.05, 0.1) is 50.1 Å². The van der Waals surface area contributed by atoms with Crippen molar-refractivity contribution < 1.29 is 33.4 Å². The summed E-state index contributed by atoms with van der Waals surface area (Å²) in [5.74, 6) is 0.879. The van der Waals surface area contributed by atoms with Crippen LogP contribution < -0.4 is 10.6 Å².